The first-order valence-corrected chi connectivity index (χ1v) is 10.2. The molecule has 8 heteroatoms. The van der Waals surface area contributed by atoms with E-state index in [1.165, 1.54) is 5.56 Å². The fourth-order valence-corrected chi connectivity index (χ4v) is 3.30. The van der Waals surface area contributed by atoms with Gasteiger partial charge in [-0.25, -0.2) is 4.68 Å². The van der Waals surface area contributed by atoms with Crippen molar-refractivity contribution in [3.63, 3.8) is 0 Å². The van der Waals surface area contributed by atoms with Gasteiger partial charge in [-0.1, -0.05) is 35.9 Å². The van der Waals surface area contributed by atoms with E-state index >= 15 is 0 Å². The summed E-state index contributed by atoms with van der Waals surface area (Å²) in [5.74, 6) is 2.25. The number of halogens is 1. The van der Waals surface area contributed by atoms with Crippen LogP contribution >= 0.6 is 23.8 Å². The van der Waals surface area contributed by atoms with Crippen molar-refractivity contribution in [3.05, 3.63) is 69.7 Å². The quantitative estimate of drug-likeness (QED) is 0.459. The monoisotopic (exact) mass is 432 g/mol. The Labute approximate surface area is 181 Å². The highest BCUT2D eigenvalue weighted by Crippen LogP contribution is 2.24. The van der Waals surface area contributed by atoms with Gasteiger partial charge < -0.3 is 14.0 Å². The summed E-state index contributed by atoms with van der Waals surface area (Å²) < 4.78 is 15.6. The Balaban J connectivity index is 1.62. The average Bonchev–Trinajstić information content (AvgIpc) is 2.97. The number of hydrogen-bond donors (Lipinski definition) is 0. The van der Waals surface area contributed by atoms with Crippen LogP contribution in [0.2, 0.25) is 5.02 Å². The maximum atomic E-state index is 6.15. The van der Waals surface area contributed by atoms with E-state index in [0.717, 1.165) is 18.1 Å². The van der Waals surface area contributed by atoms with E-state index in [2.05, 4.69) is 22.1 Å². The molecule has 0 saturated carbocycles. The molecule has 154 valence electrons. The molecule has 6 nitrogen and oxygen atoms in total. The van der Waals surface area contributed by atoms with Gasteiger partial charge in [-0.15, -0.1) is 0 Å². The molecule has 0 aliphatic heterocycles. The normalized spacial score (nSPS) is 11.1. The summed E-state index contributed by atoms with van der Waals surface area (Å²) in [5, 5.41) is 5.19. The second-order valence-corrected chi connectivity index (χ2v) is 7.48. The summed E-state index contributed by atoms with van der Waals surface area (Å²) in [4.78, 5) is 2.15. The highest BCUT2D eigenvalue weighted by molar-refractivity contribution is 7.71. The molecule has 1 aromatic heterocycles. The van der Waals surface area contributed by atoms with E-state index in [9.17, 15) is 0 Å². The van der Waals surface area contributed by atoms with Gasteiger partial charge >= 0.3 is 0 Å². The Morgan fingerprint density at radius 1 is 1.10 bits per heavy atom. The molecule has 29 heavy (non-hydrogen) atoms. The van der Waals surface area contributed by atoms with Gasteiger partial charge in [0.15, 0.2) is 10.6 Å². The van der Waals surface area contributed by atoms with Gasteiger partial charge in [-0.05, 0) is 56.0 Å². The van der Waals surface area contributed by atoms with Crippen molar-refractivity contribution in [3.8, 4) is 11.5 Å². The fraction of sp³-hybridized carbons (Fsp3) is 0.333. The van der Waals surface area contributed by atoms with Gasteiger partial charge in [0.25, 0.3) is 0 Å². The molecular weight excluding hydrogens is 408 g/mol. The van der Waals surface area contributed by atoms with Gasteiger partial charge in [0.1, 0.15) is 18.1 Å². The number of ether oxygens (including phenoxy) is 2. The van der Waals surface area contributed by atoms with Crippen molar-refractivity contribution < 1.29 is 9.47 Å². The van der Waals surface area contributed by atoms with Crippen LogP contribution in [0.25, 0.3) is 0 Å². The van der Waals surface area contributed by atoms with Crippen LogP contribution in [0.1, 0.15) is 18.3 Å². The first-order chi connectivity index (χ1) is 14.0. The number of hydrogen-bond acceptors (Lipinski definition) is 5. The van der Waals surface area contributed by atoms with Crippen molar-refractivity contribution >= 4 is 23.8 Å². The van der Waals surface area contributed by atoms with Crippen molar-refractivity contribution in [1.29, 1.82) is 0 Å². The minimum Gasteiger partial charge on any atom is -0.494 e. The Kier molecular flexibility index (Phi) is 7.30. The third kappa shape index (κ3) is 5.59. The Hall–Kier alpha value is -2.35. The molecule has 0 spiro atoms. The molecule has 0 fully saturated rings. The second kappa shape index (κ2) is 9.91. The summed E-state index contributed by atoms with van der Waals surface area (Å²) in [7, 11) is 3.93. The van der Waals surface area contributed by atoms with Crippen LogP contribution in [0.15, 0.2) is 48.5 Å². The zero-order chi connectivity index (χ0) is 20.8. The average molecular weight is 433 g/mol. The second-order valence-electron chi connectivity index (χ2n) is 6.71. The maximum absolute atomic E-state index is 6.15. The molecule has 0 aliphatic rings. The molecule has 0 radical (unpaired) electrons. The lowest BCUT2D eigenvalue weighted by molar-refractivity contribution is 0.240. The van der Waals surface area contributed by atoms with Crippen LogP contribution in [-0.2, 0) is 26.9 Å². The molecule has 1 heterocycles. The minimum absolute atomic E-state index is 0.291. The lowest BCUT2D eigenvalue weighted by Crippen LogP contribution is -2.22. The summed E-state index contributed by atoms with van der Waals surface area (Å²) >= 11 is 11.7. The topological polar surface area (TPSA) is 44.4 Å². The molecule has 0 N–H and O–H groups in total. The Morgan fingerprint density at radius 3 is 2.52 bits per heavy atom. The molecular formula is C21H25ClN4O2S. The zero-order valence-corrected chi connectivity index (χ0v) is 18.4. The Bertz CT molecular complexity index is 1000. The van der Waals surface area contributed by atoms with Crippen LogP contribution in [-0.4, -0.2) is 32.9 Å². The molecule has 0 unspecified atom stereocenters. The summed E-state index contributed by atoms with van der Waals surface area (Å²) in [6.07, 6.45) is 0. The number of aromatic nitrogens is 3. The molecule has 0 bridgehead atoms. The lowest BCUT2D eigenvalue weighted by Gasteiger charge is -2.16. The van der Waals surface area contributed by atoms with Crippen molar-refractivity contribution in [2.75, 3.05) is 13.7 Å². The number of benzene rings is 2. The summed E-state index contributed by atoms with van der Waals surface area (Å²) in [6, 6.07) is 15.5. The largest absolute Gasteiger partial charge is 0.494 e. The number of nitrogens with zero attached hydrogens (tertiary/aromatic N) is 4. The van der Waals surface area contributed by atoms with Gasteiger partial charge in [-0.3, -0.25) is 4.90 Å². The van der Waals surface area contributed by atoms with Crippen molar-refractivity contribution in [2.24, 2.45) is 7.05 Å². The standard InChI is InChI=1S/C21H25ClN4O2S/c1-4-27-17-11-9-16(10-12-17)13-24(2)15-26-21(29)25(3)20(23-26)14-28-19-8-6-5-7-18(19)22/h5-12H,4,13-15H2,1-3H3. The first kappa shape index (κ1) is 21.4. The van der Waals surface area contributed by atoms with Gasteiger partial charge in [0, 0.05) is 13.6 Å². The molecule has 0 saturated heterocycles. The van der Waals surface area contributed by atoms with Crippen LogP contribution in [0.4, 0.5) is 0 Å². The molecule has 0 amide bonds. The molecule has 3 rings (SSSR count). The van der Waals surface area contributed by atoms with E-state index in [1.54, 1.807) is 10.7 Å². The number of rotatable bonds is 9. The van der Waals surface area contributed by atoms with E-state index in [1.807, 2.05) is 55.9 Å². The first-order valence-electron chi connectivity index (χ1n) is 9.38. The molecule has 3 aromatic rings. The van der Waals surface area contributed by atoms with Crippen LogP contribution in [0.5, 0.6) is 11.5 Å². The molecule has 0 atom stereocenters. The Morgan fingerprint density at radius 2 is 1.83 bits per heavy atom. The van der Waals surface area contributed by atoms with Crippen LogP contribution in [0.3, 0.4) is 0 Å². The third-order valence-electron chi connectivity index (χ3n) is 4.39. The highest BCUT2D eigenvalue weighted by atomic mass is 35.5. The van der Waals surface area contributed by atoms with E-state index < -0.39 is 0 Å². The van der Waals surface area contributed by atoms with E-state index in [-0.39, 0.29) is 0 Å². The lowest BCUT2D eigenvalue weighted by atomic mass is 10.2. The van der Waals surface area contributed by atoms with Crippen LogP contribution < -0.4 is 9.47 Å². The SMILES string of the molecule is CCOc1ccc(CN(C)Cn2nc(COc3ccccc3Cl)n(C)c2=S)cc1. The third-order valence-corrected chi connectivity index (χ3v) is 5.18. The number of para-hydroxylation sites is 1. The van der Waals surface area contributed by atoms with Crippen molar-refractivity contribution in [1.82, 2.24) is 19.2 Å². The molecule has 0 aliphatic carbocycles. The highest BCUT2D eigenvalue weighted by Gasteiger charge is 2.11. The fourth-order valence-electron chi connectivity index (χ4n) is 2.90. The van der Waals surface area contributed by atoms with E-state index in [0.29, 0.717) is 35.4 Å². The maximum Gasteiger partial charge on any atom is 0.198 e. The summed E-state index contributed by atoms with van der Waals surface area (Å²) in [6.45, 7) is 4.28. The predicted molar refractivity (Wildman–Crippen MR) is 117 cm³/mol. The van der Waals surface area contributed by atoms with E-state index in [4.69, 9.17) is 33.3 Å². The van der Waals surface area contributed by atoms with Gasteiger partial charge in [-0.2, -0.15) is 5.10 Å². The minimum atomic E-state index is 0.291. The molecule has 2 aromatic carbocycles. The van der Waals surface area contributed by atoms with Gasteiger partial charge in [0.2, 0.25) is 0 Å². The zero-order valence-electron chi connectivity index (χ0n) is 16.8. The smallest absolute Gasteiger partial charge is 0.198 e. The summed E-state index contributed by atoms with van der Waals surface area (Å²) in [5.41, 5.74) is 1.20. The predicted octanol–water partition coefficient (Wildman–Crippen LogP) is 4.67. The van der Waals surface area contributed by atoms with Gasteiger partial charge in [0.05, 0.1) is 18.3 Å². The van der Waals surface area contributed by atoms with Crippen LogP contribution in [0, 0.1) is 4.77 Å². The van der Waals surface area contributed by atoms with Crippen molar-refractivity contribution in [2.45, 2.75) is 26.7 Å².